The third kappa shape index (κ3) is 5.56. The van der Waals surface area contributed by atoms with E-state index >= 15 is 0 Å². The van der Waals surface area contributed by atoms with Gasteiger partial charge in [-0.1, -0.05) is 84.9 Å². The van der Waals surface area contributed by atoms with Crippen molar-refractivity contribution in [1.29, 1.82) is 0 Å². The van der Waals surface area contributed by atoms with Gasteiger partial charge in [-0.25, -0.2) is 0 Å². The predicted octanol–water partition coefficient (Wildman–Crippen LogP) is 8.26. The highest BCUT2D eigenvalue weighted by molar-refractivity contribution is 6.51. The number of ketones is 1. The first-order valence-electron chi connectivity index (χ1n) is 14.1. The lowest BCUT2D eigenvalue weighted by molar-refractivity contribution is -0.132. The fraction of sp³-hybridized carbons (Fsp3) is 0.371. The van der Waals surface area contributed by atoms with Crippen molar-refractivity contribution in [3.8, 4) is 5.75 Å². The molecule has 1 saturated heterocycles. The number of nitrogens with zero attached hydrogens (tertiary/aromatic N) is 1. The van der Waals surface area contributed by atoms with Crippen molar-refractivity contribution in [2.24, 2.45) is 0 Å². The SMILES string of the molecule is CCOc1ccc(/C(O)=C2/C(=O)C(=O)N(c3ccc(C(C)C)cc3)C2c2ccc(C(C)C)cc2)cc1C(C)(C)C. The number of carbonyl (C=O) groups excluding carboxylic acids is 2. The van der Waals surface area contributed by atoms with Crippen LogP contribution in [-0.4, -0.2) is 23.4 Å². The van der Waals surface area contributed by atoms with Crippen LogP contribution in [0.4, 0.5) is 5.69 Å². The number of hydrogen-bond donors (Lipinski definition) is 1. The van der Waals surface area contributed by atoms with Gasteiger partial charge in [0.2, 0.25) is 0 Å². The second-order valence-corrected chi connectivity index (χ2v) is 12.1. The molecule has 1 N–H and O–H groups in total. The number of amides is 1. The lowest BCUT2D eigenvalue weighted by Gasteiger charge is -2.26. The molecule has 1 atom stereocenters. The van der Waals surface area contributed by atoms with Crippen LogP contribution in [0, 0.1) is 0 Å². The van der Waals surface area contributed by atoms with Gasteiger partial charge in [0.15, 0.2) is 0 Å². The lowest BCUT2D eigenvalue weighted by Crippen LogP contribution is -2.29. The van der Waals surface area contributed by atoms with Crippen LogP contribution in [0.1, 0.15) is 101 Å². The Balaban J connectivity index is 1.93. The van der Waals surface area contributed by atoms with Crippen molar-refractivity contribution in [1.82, 2.24) is 0 Å². The first-order valence-corrected chi connectivity index (χ1v) is 14.1. The lowest BCUT2D eigenvalue weighted by atomic mass is 9.84. The fourth-order valence-electron chi connectivity index (χ4n) is 5.20. The molecule has 0 aromatic heterocycles. The number of benzene rings is 3. The Kier molecular flexibility index (Phi) is 8.25. The molecule has 4 rings (SSSR count). The normalized spacial score (nSPS) is 17.2. The van der Waals surface area contributed by atoms with Crippen LogP contribution < -0.4 is 9.64 Å². The van der Waals surface area contributed by atoms with E-state index in [1.807, 2.05) is 67.6 Å². The molecule has 210 valence electrons. The molecule has 1 amide bonds. The maximum Gasteiger partial charge on any atom is 0.300 e. The van der Waals surface area contributed by atoms with Crippen LogP contribution >= 0.6 is 0 Å². The topological polar surface area (TPSA) is 66.8 Å². The summed E-state index contributed by atoms with van der Waals surface area (Å²) in [4.78, 5) is 28.8. The minimum Gasteiger partial charge on any atom is -0.507 e. The summed E-state index contributed by atoms with van der Waals surface area (Å²) in [6.45, 7) is 17.1. The van der Waals surface area contributed by atoms with E-state index in [0.29, 0.717) is 29.7 Å². The number of ether oxygens (including phenoxy) is 1. The van der Waals surface area contributed by atoms with Gasteiger partial charge in [-0.3, -0.25) is 14.5 Å². The highest BCUT2D eigenvalue weighted by atomic mass is 16.5. The standard InChI is InChI=1S/C35H41NO4/c1-9-40-29-19-16-26(20-28(29)35(6,7)8)32(37)30-31(25-12-10-23(11-13-25)21(2)3)36(34(39)33(30)38)27-17-14-24(15-18-27)22(4)5/h10-22,31,37H,9H2,1-8H3/b32-30-. The summed E-state index contributed by atoms with van der Waals surface area (Å²) < 4.78 is 5.86. The summed E-state index contributed by atoms with van der Waals surface area (Å²) in [5.41, 5.74) is 4.88. The Labute approximate surface area is 238 Å². The Morgan fingerprint density at radius 1 is 0.875 bits per heavy atom. The van der Waals surface area contributed by atoms with E-state index in [9.17, 15) is 14.7 Å². The Hall–Kier alpha value is -3.86. The summed E-state index contributed by atoms with van der Waals surface area (Å²) in [6.07, 6.45) is 0. The monoisotopic (exact) mass is 539 g/mol. The van der Waals surface area contributed by atoms with Crippen molar-refractivity contribution in [3.63, 3.8) is 0 Å². The number of aliphatic hydroxyl groups excluding tert-OH is 1. The van der Waals surface area contributed by atoms with Gasteiger partial charge >= 0.3 is 0 Å². The van der Waals surface area contributed by atoms with Gasteiger partial charge in [0.25, 0.3) is 11.7 Å². The first kappa shape index (κ1) is 29.1. The van der Waals surface area contributed by atoms with Gasteiger partial charge in [0.1, 0.15) is 11.5 Å². The van der Waals surface area contributed by atoms with E-state index < -0.39 is 17.7 Å². The van der Waals surface area contributed by atoms with E-state index in [2.05, 4.69) is 48.5 Å². The van der Waals surface area contributed by atoms with E-state index in [1.165, 1.54) is 4.90 Å². The van der Waals surface area contributed by atoms with Crippen molar-refractivity contribution >= 4 is 23.1 Å². The zero-order chi connectivity index (χ0) is 29.4. The van der Waals surface area contributed by atoms with E-state index in [4.69, 9.17) is 4.74 Å². The average Bonchev–Trinajstić information content (AvgIpc) is 3.18. The smallest absolute Gasteiger partial charge is 0.300 e. The van der Waals surface area contributed by atoms with Gasteiger partial charge in [0, 0.05) is 16.8 Å². The van der Waals surface area contributed by atoms with Crippen LogP contribution in [0.15, 0.2) is 72.3 Å². The molecule has 0 aliphatic carbocycles. The minimum atomic E-state index is -0.768. The minimum absolute atomic E-state index is 0.0826. The highest BCUT2D eigenvalue weighted by Crippen LogP contribution is 2.43. The Bertz CT molecular complexity index is 1420. The molecular weight excluding hydrogens is 498 g/mol. The maximum atomic E-state index is 13.7. The van der Waals surface area contributed by atoms with Gasteiger partial charge in [0.05, 0.1) is 18.2 Å². The molecule has 1 aliphatic rings. The molecule has 1 fully saturated rings. The second-order valence-electron chi connectivity index (χ2n) is 12.1. The molecule has 3 aromatic rings. The number of anilines is 1. The molecule has 0 spiro atoms. The maximum absolute atomic E-state index is 13.7. The van der Waals surface area contributed by atoms with E-state index in [-0.39, 0.29) is 16.7 Å². The van der Waals surface area contributed by atoms with Crippen molar-refractivity contribution in [2.75, 3.05) is 11.5 Å². The number of hydrogen-bond acceptors (Lipinski definition) is 4. The van der Waals surface area contributed by atoms with Gasteiger partial charge in [-0.2, -0.15) is 0 Å². The molecular formula is C35H41NO4. The molecule has 1 unspecified atom stereocenters. The summed E-state index contributed by atoms with van der Waals surface area (Å²) in [6, 6.07) is 20.4. The molecule has 5 heteroatoms. The molecule has 3 aromatic carbocycles. The Morgan fingerprint density at radius 3 is 1.93 bits per heavy atom. The van der Waals surface area contributed by atoms with Crippen LogP contribution in [0.5, 0.6) is 5.75 Å². The van der Waals surface area contributed by atoms with Crippen molar-refractivity contribution < 1.29 is 19.4 Å². The summed E-state index contributed by atoms with van der Waals surface area (Å²) >= 11 is 0. The molecule has 0 saturated carbocycles. The summed E-state index contributed by atoms with van der Waals surface area (Å²) in [7, 11) is 0. The largest absolute Gasteiger partial charge is 0.507 e. The van der Waals surface area contributed by atoms with Gasteiger partial charge < -0.3 is 9.84 Å². The van der Waals surface area contributed by atoms with Crippen LogP contribution in [0.25, 0.3) is 5.76 Å². The zero-order valence-electron chi connectivity index (χ0n) is 24.9. The van der Waals surface area contributed by atoms with Crippen LogP contribution in [0.2, 0.25) is 0 Å². The van der Waals surface area contributed by atoms with E-state index in [0.717, 1.165) is 28.0 Å². The second kappa shape index (κ2) is 11.3. The fourth-order valence-corrected chi connectivity index (χ4v) is 5.20. The number of aliphatic hydroxyl groups is 1. The Morgan fingerprint density at radius 2 is 1.43 bits per heavy atom. The molecule has 0 radical (unpaired) electrons. The molecule has 0 bridgehead atoms. The molecule has 1 heterocycles. The zero-order valence-corrected chi connectivity index (χ0v) is 24.9. The van der Waals surface area contributed by atoms with Gasteiger partial charge in [-0.05, 0) is 71.2 Å². The highest BCUT2D eigenvalue weighted by Gasteiger charge is 2.47. The number of carbonyl (C=O) groups is 2. The third-order valence-corrected chi connectivity index (χ3v) is 7.56. The van der Waals surface area contributed by atoms with Crippen molar-refractivity contribution in [3.05, 3.63) is 100 Å². The first-order chi connectivity index (χ1) is 18.8. The summed E-state index contributed by atoms with van der Waals surface area (Å²) in [5, 5.41) is 11.7. The van der Waals surface area contributed by atoms with Gasteiger partial charge in [-0.15, -0.1) is 0 Å². The van der Waals surface area contributed by atoms with Crippen LogP contribution in [0.3, 0.4) is 0 Å². The van der Waals surface area contributed by atoms with Crippen LogP contribution in [-0.2, 0) is 15.0 Å². The number of Topliss-reactive ketones (excluding diaryl/α,β-unsaturated/α-hetero) is 1. The van der Waals surface area contributed by atoms with E-state index in [1.54, 1.807) is 6.07 Å². The predicted molar refractivity (Wildman–Crippen MR) is 162 cm³/mol. The third-order valence-electron chi connectivity index (χ3n) is 7.56. The average molecular weight is 540 g/mol. The molecule has 5 nitrogen and oxygen atoms in total. The number of rotatable bonds is 7. The quantitative estimate of drug-likeness (QED) is 0.186. The molecule has 40 heavy (non-hydrogen) atoms. The molecule has 1 aliphatic heterocycles. The summed E-state index contributed by atoms with van der Waals surface area (Å²) in [5.74, 6) is -0.137. The van der Waals surface area contributed by atoms with Crippen molar-refractivity contribution in [2.45, 2.75) is 78.7 Å².